The van der Waals surface area contributed by atoms with Gasteiger partial charge in [0.1, 0.15) is 6.54 Å². The molecule has 1 heterocycles. The Morgan fingerprint density at radius 1 is 1.18 bits per heavy atom. The number of rotatable bonds is 7. The monoisotopic (exact) mass is 305 g/mol. The standard InChI is InChI=1S/C17H23NO4/c19-16(12-15-7-10-22-11-8-15)18(13-17(20)21)9-6-14-4-2-1-3-5-14/h1-5,15H,6-13H2,(H,20,21). The van der Waals surface area contributed by atoms with Crippen molar-refractivity contribution in [3.05, 3.63) is 35.9 Å². The van der Waals surface area contributed by atoms with Crippen molar-refractivity contribution in [3.8, 4) is 0 Å². The third-order valence-corrected chi connectivity index (χ3v) is 4.00. The number of aliphatic carboxylic acids is 1. The van der Waals surface area contributed by atoms with Crippen molar-refractivity contribution >= 4 is 11.9 Å². The minimum atomic E-state index is -0.964. The normalized spacial score (nSPS) is 15.5. The Hall–Kier alpha value is -1.88. The van der Waals surface area contributed by atoms with Gasteiger partial charge in [0.2, 0.25) is 5.91 Å². The molecule has 1 amide bonds. The molecular formula is C17H23NO4. The summed E-state index contributed by atoms with van der Waals surface area (Å²) in [6.07, 6.45) is 2.86. The van der Waals surface area contributed by atoms with Crippen molar-refractivity contribution in [3.63, 3.8) is 0 Å². The van der Waals surface area contributed by atoms with Gasteiger partial charge in [-0.2, -0.15) is 0 Å². The highest BCUT2D eigenvalue weighted by Crippen LogP contribution is 2.19. The predicted octanol–water partition coefficient (Wildman–Crippen LogP) is 1.96. The maximum absolute atomic E-state index is 12.4. The van der Waals surface area contributed by atoms with Gasteiger partial charge < -0.3 is 14.7 Å². The zero-order valence-corrected chi connectivity index (χ0v) is 12.7. The molecule has 22 heavy (non-hydrogen) atoms. The van der Waals surface area contributed by atoms with E-state index in [0.717, 1.165) is 18.4 Å². The number of carbonyl (C=O) groups is 2. The first-order chi connectivity index (χ1) is 10.6. The smallest absolute Gasteiger partial charge is 0.323 e. The zero-order valence-electron chi connectivity index (χ0n) is 12.7. The van der Waals surface area contributed by atoms with Gasteiger partial charge in [-0.3, -0.25) is 9.59 Å². The van der Waals surface area contributed by atoms with Crippen molar-refractivity contribution in [1.82, 2.24) is 4.90 Å². The summed E-state index contributed by atoms with van der Waals surface area (Å²) in [5.41, 5.74) is 1.11. The molecule has 0 aliphatic carbocycles. The number of hydrogen-bond acceptors (Lipinski definition) is 3. The van der Waals surface area contributed by atoms with Crippen LogP contribution in [0.25, 0.3) is 0 Å². The molecule has 0 saturated carbocycles. The van der Waals surface area contributed by atoms with E-state index < -0.39 is 5.97 Å². The number of carbonyl (C=O) groups excluding carboxylic acids is 1. The van der Waals surface area contributed by atoms with Gasteiger partial charge in [-0.15, -0.1) is 0 Å². The van der Waals surface area contributed by atoms with E-state index in [9.17, 15) is 9.59 Å². The Bertz CT molecular complexity index is 483. The Balaban J connectivity index is 1.89. The van der Waals surface area contributed by atoms with Crippen LogP contribution >= 0.6 is 0 Å². The SMILES string of the molecule is O=C(O)CN(CCc1ccccc1)C(=O)CC1CCOCC1. The Kier molecular flexibility index (Phi) is 6.40. The highest BCUT2D eigenvalue weighted by molar-refractivity contribution is 5.81. The molecule has 5 heteroatoms. The molecule has 1 fully saturated rings. The van der Waals surface area contributed by atoms with Crippen molar-refractivity contribution in [2.75, 3.05) is 26.3 Å². The highest BCUT2D eigenvalue weighted by Gasteiger charge is 2.22. The zero-order chi connectivity index (χ0) is 15.8. The van der Waals surface area contributed by atoms with E-state index in [4.69, 9.17) is 9.84 Å². The number of carboxylic acids is 1. The van der Waals surface area contributed by atoms with Gasteiger partial charge in [0.15, 0.2) is 0 Å². The lowest BCUT2D eigenvalue weighted by molar-refractivity contribution is -0.145. The predicted molar refractivity (Wildman–Crippen MR) is 82.5 cm³/mol. The second-order valence-corrected chi connectivity index (χ2v) is 5.70. The van der Waals surface area contributed by atoms with Crippen LogP contribution in [0.4, 0.5) is 0 Å². The molecule has 0 unspecified atom stereocenters. The molecule has 1 aliphatic rings. The molecule has 0 spiro atoms. The second-order valence-electron chi connectivity index (χ2n) is 5.70. The molecule has 120 valence electrons. The summed E-state index contributed by atoms with van der Waals surface area (Å²) in [6, 6.07) is 9.81. The van der Waals surface area contributed by atoms with Gasteiger partial charge in [0, 0.05) is 26.2 Å². The average Bonchev–Trinajstić information content (AvgIpc) is 2.53. The van der Waals surface area contributed by atoms with E-state index in [2.05, 4.69) is 0 Å². The van der Waals surface area contributed by atoms with Crippen molar-refractivity contribution < 1.29 is 19.4 Å². The Morgan fingerprint density at radius 2 is 1.86 bits per heavy atom. The number of hydrogen-bond donors (Lipinski definition) is 1. The van der Waals surface area contributed by atoms with Crippen LogP contribution in [0.15, 0.2) is 30.3 Å². The largest absolute Gasteiger partial charge is 0.480 e. The Morgan fingerprint density at radius 3 is 2.50 bits per heavy atom. The minimum absolute atomic E-state index is 0.0646. The van der Waals surface area contributed by atoms with Crippen LogP contribution in [0.5, 0.6) is 0 Å². The van der Waals surface area contributed by atoms with Gasteiger partial charge in [-0.25, -0.2) is 0 Å². The average molecular weight is 305 g/mol. The molecular weight excluding hydrogens is 282 g/mol. The molecule has 5 nitrogen and oxygen atoms in total. The Labute approximate surface area is 130 Å². The van der Waals surface area contributed by atoms with Crippen molar-refractivity contribution in [2.45, 2.75) is 25.7 Å². The van der Waals surface area contributed by atoms with Gasteiger partial charge in [-0.1, -0.05) is 30.3 Å². The van der Waals surface area contributed by atoms with E-state index in [1.807, 2.05) is 30.3 Å². The molecule has 0 aromatic heterocycles. The van der Waals surface area contributed by atoms with Crippen molar-refractivity contribution in [2.24, 2.45) is 5.92 Å². The van der Waals surface area contributed by atoms with E-state index in [1.165, 1.54) is 4.90 Å². The molecule has 0 radical (unpaired) electrons. The van der Waals surface area contributed by atoms with Crippen molar-refractivity contribution in [1.29, 1.82) is 0 Å². The van der Waals surface area contributed by atoms with Crippen LogP contribution in [0, 0.1) is 5.92 Å². The number of amides is 1. The minimum Gasteiger partial charge on any atom is -0.480 e. The van der Waals surface area contributed by atoms with Gasteiger partial charge in [0.05, 0.1) is 0 Å². The highest BCUT2D eigenvalue weighted by atomic mass is 16.5. The lowest BCUT2D eigenvalue weighted by Crippen LogP contribution is -2.38. The summed E-state index contributed by atoms with van der Waals surface area (Å²) >= 11 is 0. The number of carboxylic acid groups (broad SMARTS) is 1. The topological polar surface area (TPSA) is 66.8 Å². The van der Waals surface area contributed by atoms with Crippen LogP contribution in [-0.4, -0.2) is 48.2 Å². The maximum atomic E-state index is 12.4. The van der Waals surface area contributed by atoms with Gasteiger partial charge in [-0.05, 0) is 30.7 Å². The third-order valence-electron chi connectivity index (χ3n) is 4.00. The summed E-state index contributed by atoms with van der Waals surface area (Å²) in [5, 5.41) is 9.02. The number of ether oxygens (including phenoxy) is 1. The van der Waals surface area contributed by atoms with Crippen LogP contribution in [-0.2, 0) is 20.7 Å². The van der Waals surface area contributed by atoms with E-state index >= 15 is 0 Å². The fourth-order valence-corrected chi connectivity index (χ4v) is 2.69. The molecule has 1 N–H and O–H groups in total. The van der Waals surface area contributed by atoms with E-state index in [-0.39, 0.29) is 12.5 Å². The first kappa shape index (κ1) is 16.5. The number of benzene rings is 1. The molecule has 0 atom stereocenters. The maximum Gasteiger partial charge on any atom is 0.323 e. The second kappa shape index (κ2) is 8.54. The summed E-state index contributed by atoms with van der Waals surface area (Å²) < 4.78 is 5.29. The molecule has 1 aromatic rings. The molecule has 2 rings (SSSR count). The quantitative estimate of drug-likeness (QED) is 0.836. The van der Waals surface area contributed by atoms with Crippen LogP contribution < -0.4 is 0 Å². The van der Waals surface area contributed by atoms with Crippen LogP contribution in [0.2, 0.25) is 0 Å². The molecule has 1 aliphatic heterocycles. The first-order valence-electron chi connectivity index (χ1n) is 7.76. The third kappa shape index (κ3) is 5.48. The fraction of sp³-hybridized carbons (Fsp3) is 0.529. The number of nitrogens with zero attached hydrogens (tertiary/aromatic N) is 1. The summed E-state index contributed by atoms with van der Waals surface area (Å²) in [5.74, 6) is -0.715. The van der Waals surface area contributed by atoms with Gasteiger partial charge in [0.25, 0.3) is 0 Å². The van der Waals surface area contributed by atoms with Gasteiger partial charge >= 0.3 is 5.97 Å². The van der Waals surface area contributed by atoms with E-state index in [1.54, 1.807) is 0 Å². The summed E-state index contributed by atoms with van der Waals surface area (Å²) in [4.78, 5) is 24.9. The lowest BCUT2D eigenvalue weighted by Gasteiger charge is -2.26. The van der Waals surface area contributed by atoms with Crippen LogP contribution in [0.3, 0.4) is 0 Å². The van der Waals surface area contributed by atoms with Crippen LogP contribution in [0.1, 0.15) is 24.8 Å². The summed E-state index contributed by atoms with van der Waals surface area (Å²) in [6.45, 7) is 1.61. The first-order valence-corrected chi connectivity index (χ1v) is 7.76. The molecule has 0 bridgehead atoms. The lowest BCUT2D eigenvalue weighted by atomic mass is 9.96. The molecule has 1 saturated heterocycles. The van der Waals surface area contributed by atoms with E-state index in [0.29, 0.717) is 38.5 Å². The fourth-order valence-electron chi connectivity index (χ4n) is 2.69. The molecule has 1 aromatic carbocycles. The summed E-state index contributed by atoms with van der Waals surface area (Å²) in [7, 11) is 0.